The summed E-state index contributed by atoms with van der Waals surface area (Å²) in [5.41, 5.74) is 1.66. The van der Waals surface area contributed by atoms with Crippen molar-refractivity contribution in [3.63, 3.8) is 0 Å². The summed E-state index contributed by atoms with van der Waals surface area (Å²) >= 11 is 3.34. The minimum Gasteiger partial charge on any atom is -0.385 e. The van der Waals surface area contributed by atoms with Gasteiger partial charge in [-0.15, -0.1) is 0 Å². The Bertz CT molecular complexity index is 360. The van der Waals surface area contributed by atoms with Crippen molar-refractivity contribution in [1.82, 2.24) is 0 Å². The van der Waals surface area contributed by atoms with Crippen LogP contribution in [-0.2, 0) is 4.74 Å². The highest BCUT2D eigenvalue weighted by Crippen LogP contribution is 2.20. The molecule has 0 aliphatic heterocycles. The monoisotopic (exact) mass is 268 g/mol. The highest BCUT2D eigenvalue weighted by molar-refractivity contribution is 9.10. The molecule has 1 rings (SSSR count). The van der Waals surface area contributed by atoms with E-state index in [1.165, 1.54) is 0 Å². The quantitative estimate of drug-likeness (QED) is 0.836. The molecular formula is C11H13BrN2O. The topological polar surface area (TPSA) is 45.0 Å². The smallest absolute Gasteiger partial charge is 0.100 e. The van der Waals surface area contributed by atoms with Crippen molar-refractivity contribution >= 4 is 21.6 Å². The molecule has 80 valence electrons. The highest BCUT2D eigenvalue weighted by Gasteiger charge is 1.99. The molecule has 0 atom stereocenters. The van der Waals surface area contributed by atoms with Crippen LogP contribution in [0.3, 0.4) is 0 Å². The normalized spacial score (nSPS) is 9.67. The maximum absolute atomic E-state index is 8.74. The highest BCUT2D eigenvalue weighted by atomic mass is 79.9. The predicted octanol–water partition coefficient (Wildman–Crippen LogP) is 2.77. The Morgan fingerprint density at radius 3 is 2.93 bits per heavy atom. The number of hydrogen-bond acceptors (Lipinski definition) is 3. The molecule has 0 aliphatic carbocycles. The molecular weight excluding hydrogens is 256 g/mol. The van der Waals surface area contributed by atoms with Crippen molar-refractivity contribution in [1.29, 1.82) is 5.26 Å². The number of anilines is 1. The second-order valence-electron chi connectivity index (χ2n) is 3.08. The fourth-order valence-electron chi connectivity index (χ4n) is 1.16. The maximum Gasteiger partial charge on any atom is 0.100 e. The van der Waals surface area contributed by atoms with Gasteiger partial charge in [0.1, 0.15) is 6.07 Å². The lowest BCUT2D eigenvalue weighted by Crippen LogP contribution is -2.04. The van der Waals surface area contributed by atoms with Gasteiger partial charge in [0.05, 0.1) is 5.56 Å². The molecule has 0 radical (unpaired) electrons. The van der Waals surface area contributed by atoms with Gasteiger partial charge in [0.15, 0.2) is 0 Å². The van der Waals surface area contributed by atoms with Crippen LogP contribution in [-0.4, -0.2) is 20.3 Å². The standard InChI is InChI=1S/C11H13BrN2O/c1-15-6-2-5-14-10-4-3-9(8-13)11(12)7-10/h3-4,7,14H,2,5-6H2,1H3. The Morgan fingerprint density at radius 1 is 1.53 bits per heavy atom. The zero-order valence-corrected chi connectivity index (χ0v) is 10.2. The molecule has 4 heteroatoms. The average Bonchev–Trinajstić information content (AvgIpc) is 2.25. The summed E-state index contributed by atoms with van der Waals surface area (Å²) in [6.45, 7) is 1.62. The molecule has 1 aromatic carbocycles. The molecule has 0 saturated heterocycles. The van der Waals surface area contributed by atoms with E-state index in [9.17, 15) is 0 Å². The van der Waals surface area contributed by atoms with Crippen LogP contribution in [0.2, 0.25) is 0 Å². The van der Waals surface area contributed by atoms with Crippen LogP contribution in [0.1, 0.15) is 12.0 Å². The van der Waals surface area contributed by atoms with Gasteiger partial charge in [-0.25, -0.2) is 0 Å². The minimum atomic E-state index is 0.650. The van der Waals surface area contributed by atoms with E-state index in [0.29, 0.717) is 5.56 Å². The zero-order valence-electron chi connectivity index (χ0n) is 8.59. The van der Waals surface area contributed by atoms with Crippen molar-refractivity contribution < 1.29 is 4.74 Å². The predicted molar refractivity (Wildman–Crippen MR) is 63.8 cm³/mol. The Hall–Kier alpha value is -1.05. The van der Waals surface area contributed by atoms with Gasteiger partial charge < -0.3 is 10.1 Å². The summed E-state index contributed by atoms with van der Waals surface area (Å²) in [6.07, 6.45) is 0.966. The third-order valence-corrected chi connectivity index (χ3v) is 2.60. The first-order valence-corrected chi connectivity index (χ1v) is 5.49. The van der Waals surface area contributed by atoms with E-state index in [4.69, 9.17) is 10.00 Å². The molecule has 1 aromatic rings. The molecule has 0 spiro atoms. The number of halogens is 1. The average molecular weight is 269 g/mol. The molecule has 0 unspecified atom stereocenters. The van der Waals surface area contributed by atoms with E-state index in [1.54, 1.807) is 13.2 Å². The van der Waals surface area contributed by atoms with Gasteiger partial charge in [-0.2, -0.15) is 5.26 Å². The van der Waals surface area contributed by atoms with Gasteiger partial charge in [0.25, 0.3) is 0 Å². The molecule has 3 nitrogen and oxygen atoms in total. The Balaban J connectivity index is 2.49. The van der Waals surface area contributed by atoms with E-state index in [-0.39, 0.29) is 0 Å². The lowest BCUT2D eigenvalue weighted by atomic mass is 10.2. The summed E-state index contributed by atoms with van der Waals surface area (Å²) in [7, 11) is 1.69. The first kappa shape index (κ1) is 12.0. The number of hydrogen-bond donors (Lipinski definition) is 1. The van der Waals surface area contributed by atoms with Crippen LogP contribution in [0.15, 0.2) is 22.7 Å². The van der Waals surface area contributed by atoms with Crippen LogP contribution < -0.4 is 5.32 Å². The van der Waals surface area contributed by atoms with Crippen molar-refractivity contribution in [2.75, 3.05) is 25.6 Å². The van der Waals surface area contributed by atoms with Crippen LogP contribution in [0, 0.1) is 11.3 Å². The first-order valence-electron chi connectivity index (χ1n) is 4.70. The van der Waals surface area contributed by atoms with Crippen LogP contribution in [0.25, 0.3) is 0 Å². The number of benzene rings is 1. The van der Waals surface area contributed by atoms with Gasteiger partial charge in [-0.1, -0.05) is 0 Å². The first-order chi connectivity index (χ1) is 7.27. The molecule has 0 amide bonds. The summed E-state index contributed by atoms with van der Waals surface area (Å²) in [4.78, 5) is 0. The second kappa shape index (κ2) is 6.44. The van der Waals surface area contributed by atoms with Crippen molar-refractivity contribution in [3.05, 3.63) is 28.2 Å². The van der Waals surface area contributed by atoms with E-state index in [0.717, 1.165) is 29.7 Å². The lowest BCUT2D eigenvalue weighted by molar-refractivity contribution is 0.198. The lowest BCUT2D eigenvalue weighted by Gasteiger charge is -2.06. The summed E-state index contributed by atoms with van der Waals surface area (Å²) in [6, 6.07) is 7.71. The van der Waals surface area contributed by atoms with Crippen molar-refractivity contribution in [3.8, 4) is 6.07 Å². The molecule has 1 N–H and O–H groups in total. The van der Waals surface area contributed by atoms with Crippen molar-refractivity contribution in [2.24, 2.45) is 0 Å². The SMILES string of the molecule is COCCCNc1ccc(C#N)c(Br)c1. The molecule has 0 aromatic heterocycles. The van der Waals surface area contributed by atoms with Gasteiger partial charge >= 0.3 is 0 Å². The van der Waals surface area contributed by atoms with E-state index >= 15 is 0 Å². The second-order valence-corrected chi connectivity index (χ2v) is 3.93. The number of methoxy groups -OCH3 is 1. The van der Waals surface area contributed by atoms with Crippen LogP contribution in [0.5, 0.6) is 0 Å². The fourth-order valence-corrected chi connectivity index (χ4v) is 1.63. The molecule has 0 aliphatic rings. The maximum atomic E-state index is 8.74. The third-order valence-electron chi connectivity index (χ3n) is 1.94. The van der Waals surface area contributed by atoms with Gasteiger partial charge in [0, 0.05) is 30.4 Å². The van der Waals surface area contributed by atoms with E-state index in [1.807, 2.05) is 12.1 Å². The minimum absolute atomic E-state index is 0.650. The Morgan fingerprint density at radius 2 is 2.33 bits per heavy atom. The number of nitriles is 1. The Kier molecular flexibility index (Phi) is 5.16. The third kappa shape index (κ3) is 3.90. The molecule has 0 bridgehead atoms. The summed E-state index contributed by atoms with van der Waals surface area (Å²) in [5, 5.41) is 12.0. The largest absolute Gasteiger partial charge is 0.385 e. The zero-order chi connectivity index (χ0) is 11.1. The van der Waals surface area contributed by atoms with Crippen molar-refractivity contribution in [2.45, 2.75) is 6.42 Å². The molecule has 0 fully saturated rings. The number of rotatable bonds is 5. The van der Waals surface area contributed by atoms with Gasteiger partial charge in [-0.3, -0.25) is 0 Å². The van der Waals surface area contributed by atoms with Gasteiger partial charge in [-0.05, 0) is 40.5 Å². The fraction of sp³-hybridized carbons (Fsp3) is 0.364. The van der Waals surface area contributed by atoms with Crippen LogP contribution >= 0.6 is 15.9 Å². The molecule has 15 heavy (non-hydrogen) atoms. The summed E-state index contributed by atoms with van der Waals surface area (Å²) in [5.74, 6) is 0. The Labute approximate surface area is 98.2 Å². The number of ether oxygens (including phenoxy) is 1. The summed E-state index contributed by atoms with van der Waals surface area (Å²) < 4.78 is 5.77. The number of nitrogens with one attached hydrogen (secondary N) is 1. The molecule has 0 heterocycles. The van der Waals surface area contributed by atoms with E-state index < -0.39 is 0 Å². The van der Waals surface area contributed by atoms with Crippen LogP contribution in [0.4, 0.5) is 5.69 Å². The van der Waals surface area contributed by atoms with Gasteiger partial charge in [0.2, 0.25) is 0 Å². The van der Waals surface area contributed by atoms with E-state index in [2.05, 4.69) is 27.3 Å². The molecule has 0 saturated carbocycles. The number of nitrogens with zero attached hydrogens (tertiary/aromatic N) is 1.